The molecule has 1 aliphatic heterocycles. The highest BCUT2D eigenvalue weighted by molar-refractivity contribution is 7.15. The van der Waals surface area contributed by atoms with Crippen molar-refractivity contribution in [3.8, 4) is 0 Å². The van der Waals surface area contributed by atoms with Gasteiger partial charge >= 0.3 is 6.09 Å². The molecule has 152 valence electrons. The molecule has 7 nitrogen and oxygen atoms in total. The summed E-state index contributed by atoms with van der Waals surface area (Å²) >= 11 is 1.48. The van der Waals surface area contributed by atoms with Crippen LogP contribution in [0.4, 0.5) is 9.93 Å². The van der Waals surface area contributed by atoms with Gasteiger partial charge in [-0.1, -0.05) is 6.92 Å². The summed E-state index contributed by atoms with van der Waals surface area (Å²) in [6.07, 6.45) is 2.46. The minimum absolute atomic E-state index is 0.0109. The van der Waals surface area contributed by atoms with E-state index < -0.39 is 5.60 Å². The van der Waals surface area contributed by atoms with Crippen LogP contribution in [0.3, 0.4) is 0 Å². The molecule has 0 unspecified atom stereocenters. The first kappa shape index (κ1) is 21.6. The molecular formula is C19H31N3O4S. The Kier molecular flexibility index (Phi) is 7.61. The molecule has 27 heavy (non-hydrogen) atoms. The van der Waals surface area contributed by atoms with Crippen molar-refractivity contribution < 1.29 is 19.1 Å². The van der Waals surface area contributed by atoms with Crippen molar-refractivity contribution in [2.24, 2.45) is 5.92 Å². The van der Waals surface area contributed by atoms with Gasteiger partial charge in [-0.2, -0.15) is 0 Å². The molecule has 1 saturated heterocycles. The summed E-state index contributed by atoms with van der Waals surface area (Å²) in [7, 11) is 0. The van der Waals surface area contributed by atoms with Gasteiger partial charge in [0, 0.05) is 23.9 Å². The third kappa shape index (κ3) is 7.10. The third-order valence-electron chi connectivity index (χ3n) is 4.23. The Morgan fingerprint density at radius 1 is 1.37 bits per heavy atom. The number of carbonyl (C=O) groups is 2. The first-order chi connectivity index (χ1) is 12.7. The third-order valence-corrected chi connectivity index (χ3v) is 5.16. The average molecular weight is 398 g/mol. The quantitative estimate of drug-likeness (QED) is 0.793. The van der Waals surface area contributed by atoms with E-state index in [-0.39, 0.29) is 24.5 Å². The van der Waals surface area contributed by atoms with Crippen LogP contribution in [0.2, 0.25) is 0 Å². The average Bonchev–Trinajstić information content (AvgIpc) is 2.93. The zero-order valence-corrected chi connectivity index (χ0v) is 17.8. The van der Waals surface area contributed by atoms with Crippen molar-refractivity contribution in [2.45, 2.75) is 59.5 Å². The molecule has 0 aromatic carbocycles. The molecule has 1 aromatic heterocycles. The number of hydrogen-bond acceptors (Lipinski definition) is 6. The van der Waals surface area contributed by atoms with E-state index in [0.717, 1.165) is 29.8 Å². The molecule has 8 heteroatoms. The lowest BCUT2D eigenvalue weighted by molar-refractivity contribution is -0.121. The van der Waals surface area contributed by atoms with E-state index >= 15 is 0 Å². The van der Waals surface area contributed by atoms with Gasteiger partial charge in [0.15, 0.2) is 5.13 Å². The summed E-state index contributed by atoms with van der Waals surface area (Å²) < 4.78 is 11.0. The van der Waals surface area contributed by atoms with Gasteiger partial charge in [-0.05, 0) is 47.0 Å². The van der Waals surface area contributed by atoms with Crippen molar-refractivity contribution in [1.29, 1.82) is 0 Å². The molecule has 2 amide bonds. The predicted molar refractivity (Wildman–Crippen MR) is 106 cm³/mol. The highest BCUT2D eigenvalue weighted by atomic mass is 32.1. The first-order valence-electron chi connectivity index (χ1n) is 9.49. The molecule has 0 radical (unpaired) electrons. The van der Waals surface area contributed by atoms with Gasteiger partial charge in [-0.15, -0.1) is 11.3 Å². The van der Waals surface area contributed by atoms with Crippen LogP contribution in [0.25, 0.3) is 0 Å². The fraction of sp³-hybridized carbons (Fsp3) is 0.737. The van der Waals surface area contributed by atoms with E-state index in [9.17, 15) is 9.59 Å². The molecule has 0 saturated carbocycles. The molecule has 0 spiro atoms. The highest BCUT2D eigenvalue weighted by Crippen LogP contribution is 2.22. The van der Waals surface area contributed by atoms with Crippen LogP contribution in [0.15, 0.2) is 0 Å². The minimum Gasteiger partial charge on any atom is -0.444 e. The number of likely N-dealkylation sites (tertiary alicyclic amines) is 1. The number of ether oxygens (including phenoxy) is 2. The SMILES string of the molecule is CCc1nc(NC(=O)COC[C@@H]2CCCN(C(=O)OC(C)(C)C)C2)sc1C. The molecule has 1 atom stereocenters. The molecule has 1 aromatic rings. The lowest BCUT2D eigenvalue weighted by Gasteiger charge is -2.34. The highest BCUT2D eigenvalue weighted by Gasteiger charge is 2.27. The van der Waals surface area contributed by atoms with Gasteiger partial charge in [0.1, 0.15) is 12.2 Å². The molecule has 1 N–H and O–H groups in total. The van der Waals surface area contributed by atoms with Crippen molar-refractivity contribution >= 4 is 28.5 Å². The summed E-state index contributed by atoms with van der Waals surface area (Å²) in [5.41, 5.74) is 0.519. The number of anilines is 1. The van der Waals surface area contributed by atoms with Gasteiger partial charge in [0.05, 0.1) is 12.3 Å². The van der Waals surface area contributed by atoms with Crippen molar-refractivity contribution in [2.75, 3.05) is 31.6 Å². The van der Waals surface area contributed by atoms with E-state index in [0.29, 0.717) is 24.8 Å². The number of thiazole rings is 1. The van der Waals surface area contributed by atoms with E-state index in [4.69, 9.17) is 9.47 Å². The largest absolute Gasteiger partial charge is 0.444 e. The van der Waals surface area contributed by atoms with Gasteiger partial charge in [0.2, 0.25) is 0 Å². The minimum atomic E-state index is -0.496. The van der Waals surface area contributed by atoms with Crippen LogP contribution in [0.1, 0.15) is 51.1 Å². The smallest absolute Gasteiger partial charge is 0.410 e. The lowest BCUT2D eigenvalue weighted by Crippen LogP contribution is -2.44. The van der Waals surface area contributed by atoms with Crippen LogP contribution in [-0.2, 0) is 20.7 Å². The molecular weight excluding hydrogens is 366 g/mol. The van der Waals surface area contributed by atoms with Crippen molar-refractivity contribution in [3.63, 3.8) is 0 Å². The van der Waals surface area contributed by atoms with Crippen LogP contribution in [0, 0.1) is 12.8 Å². The van der Waals surface area contributed by atoms with Gasteiger partial charge < -0.3 is 14.4 Å². The number of rotatable bonds is 6. The number of amides is 2. The molecule has 1 aliphatic rings. The molecule has 1 fully saturated rings. The number of hydrogen-bond donors (Lipinski definition) is 1. The summed E-state index contributed by atoms with van der Waals surface area (Å²) in [6, 6.07) is 0. The number of piperidine rings is 1. The second kappa shape index (κ2) is 9.50. The molecule has 2 rings (SSSR count). The Bertz CT molecular complexity index is 654. The number of nitrogens with zero attached hydrogens (tertiary/aromatic N) is 2. The van der Waals surface area contributed by atoms with Crippen molar-refractivity contribution in [1.82, 2.24) is 9.88 Å². The second-order valence-corrected chi connectivity index (χ2v) is 9.08. The number of aryl methyl sites for hydroxylation is 2. The molecule has 0 aliphatic carbocycles. The predicted octanol–water partition coefficient (Wildman–Crippen LogP) is 3.62. The summed E-state index contributed by atoms with van der Waals surface area (Å²) in [5.74, 6) is 0.0130. The summed E-state index contributed by atoms with van der Waals surface area (Å²) in [5, 5.41) is 3.40. The van der Waals surface area contributed by atoms with E-state index in [2.05, 4.69) is 10.3 Å². The van der Waals surface area contributed by atoms with Crippen LogP contribution < -0.4 is 5.32 Å². The Hall–Kier alpha value is -1.67. The van der Waals surface area contributed by atoms with Gasteiger partial charge in [-0.25, -0.2) is 9.78 Å². The maximum Gasteiger partial charge on any atom is 0.410 e. The maximum atomic E-state index is 12.2. The normalized spacial score (nSPS) is 17.7. The Labute approximate surface area is 165 Å². The Morgan fingerprint density at radius 2 is 2.11 bits per heavy atom. The fourth-order valence-electron chi connectivity index (χ4n) is 2.98. The monoisotopic (exact) mass is 397 g/mol. The van der Waals surface area contributed by atoms with Crippen LogP contribution >= 0.6 is 11.3 Å². The topological polar surface area (TPSA) is 80.8 Å². The Morgan fingerprint density at radius 3 is 2.74 bits per heavy atom. The zero-order chi connectivity index (χ0) is 20.0. The van der Waals surface area contributed by atoms with Crippen LogP contribution in [-0.4, -0.2) is 53.8 Å². The Balaban J connectivity index is 1.72. The lowest BCUT2D eigenvalue weighted by atomic mass is 9.99. The molecule has 2 heterocycles. The number of aromatic nitrogens is 1. The number of carbonyl (C=O) groups excluding carboxylic acids is 2. The van der Waals surface area contributed by atoms with E-state index in [1.54, 1.807) is 4.90 Å². The maximum absolute atomic E-state index is 12.2. The van der Waals surface area contributed by atoms with Crippen molar-refractivity contribution in [3.05, 3.63) is 10.6 Å². The first-order valence-corrected chi connectivity index (χ1v) is 10.3. The van der Waals surface area contributed by atoms with Crippen LogP contribution in [0.5, 0.6) is 0 Å². The van der Waals surface area contributed by atoms with E-state index in [1.807, 2.05) is 34.6 Å². The number of nitrogens with one attached hydrogen (secondary N) is 1. The molecule has 0 bridgehead atoms. The fourth-order valence-corrected chi connectivity index (χ4v) is 3.90. The van der Waals surface area contributed by atoms with E-state index in [1.165, 1.54) is 11.3 Å². The van der Waals surface area contributed by atoms with Gasteiger partial charge in [-0.3, -0.25) is 10.1 Å². The second-order valence-electron chi connectivity index (χ2n) is 7.87. The summed E-state index contributed by atoms with van der Waals surface area (Å²) in [6.45, 7) is 11.4. The summed E-state index contributed by atoms with van der Waals surface area (Å²) in [4.78, 5) is 31.5. The standard InChI is InChI=1S/C19H31N3O4S/c1-6-15-13(2)27-17(20-15)21-16(23)12-25-11-14-8-7-9-22(10-14)18(24)26-19(3,4)5/h14H,6-12H2,1-5H3,(H,20,21,23)/t14-/m1/s1. The van der Waals surface area contributed by atoms with Gasteiger partial charge in [0.25, 0.3) is 5.91 Å². The zero-order valence-electron chi connectivity index (χ0n) is 17.0.